The van der Waals surface area contributed by atoms with E-state index in [9.17, 15) is 4.39 Å². The van der Waals surface area contributed by atoms with Crippen LogP contribution in [0.5, 0.6) is 0 Å². The van der Waals surface area contributed by atoms with Gasteiger partial charge in [-0.25, -0.2) is 4.39 Å². The van der Waals surface area contributed by atoms with Crippen LogP contribution in [-0.4, -0.2) is 15.4 Å². The van der Waals surface area contributed by atoms with Gasteiger partial charge in [-0.05, 0) is 57.2 Å². The average Bonchev–Trinajstić information content (AvgIpc) is 3.27. The number of thioether (sulfide) groups is 1. The van der Waals surface area contributed by atoms with Crippen LogP contribution in [-0.2, 0) is 5.75 Å². The van der Waals surface area contributed by atoms with E-state index in [1.54, 1.807) is 12.1 Å². The largest absolute Gasteiger partial charge is 0.411 e. The summed E-state index contributed by atoms with van der Waals surface area (Å²) in [7, 11) is 0. The molecule has 0 bridgehead atoms. The minimum atomic E-state index is -0.285. The molecule has 2 aromatic heterocycles. The molecule has 5 nitrogen and oxygen atoms in total. The second kappa shape index (κ2) is 7.59. The lowest BCUT2D eigenvalue weighted by Crippen LogP contribution is -1.85. The van der Waals surface area contributed by atoms with Crippen LogP contribution < -0.4 is 0 Å². The zero-order valence-electron chi connectivity index (χ0n) is 15.7. The number of benzene rings is 2. The van der Waals surface area contributed by atoms with Crippen molar-refractivity contribution in [2.45, 2.75) is 31.7 Å². The number of aromatic nitrogens is 3. The van der Waals surface area contributed by atoms with Crippen LogP contribution in [0.15, 0.2) is 56.6 Å². The third-order valence-corrected chi connectivity index (χ3v) is 5.16. The fourth-order valence-electron chi connectivity index (χ4n) is 2.99. The standard InChI is InChI=1S/C21H18FN3O2S/c1-12-8-13(2)10-16(9-12)20-23-24-21(26-20)28-11-18-14(3)19(27-25-18)15-4-6-17(22)7-5-15/h4-10H,11H2,1-3H3. The Morgan fingerprint density at radius 3 is 2.36 bits per heavy atom. The van der Waals surface area contributed by atoms with Crippen molar-refractivity contribution in [3.05, 3.63) is 70.7 Å². The summed E-state index contributed by atoms with van der Waals surface area (Å²) in [6.45, 7) is 6.00. The first kappa shape index (κ1) is 18.4. The number of nitrogens with zero attached hydrogens (tertiary/aromatic N) is 3. The van der Waals surface area contributed by atoms with Gasteiger partial charge in [0.15, 0.2) is 5.76 Å². The van der Waals surface area contributed by atoms with E-state index in [0.29, 0.717) is 22.6 Å². The molecule has 0 aliphatic rings. The monoisotopic (exact) mass is 395 g/mol. The highest BCUT2D eigenvalue weighted by atomic mass is 32.2. The fourth-order valence-corrected chi connectivity index (χ4v) is 3.75. The predicted molar refractivity (Wildman–Crippen MR) is 105 cm³/mol. The molecule has 0 saturated heterocycles. The molecule has 4 aromatic rings. The van der Waals surface area contributed by atoms with Crippen molar-refractivity contribution < 1.29 is 13.3 Å². The molecule has 0 unspecified atom stereocenters. The Kier molecular flexibility index (Phi) is 5.00. The van der Waals surface area contributed by atoms with Crippen LogP contribution in [0.1, 0.15) is 22.4 Å². The Labute approximate surface area is 166 Å². The summed E-state index contributed by atoms with van der Waals surface area (Å²) in [6, 6.07) is 12.3. The van der Waals surface area contributed by atoms with E-state index in [-0.39, 0.29) is 5.82 Å². The summed E-state index contributed by atoms with van der Waals surface area (Å²) in [4.78, 5) is 0. The Morgan fingerprint density at radius 2 is 1.64 bits per heavy atom. The highest BCUT2D eigenvalue weighted by Crippen LogP contribution is 2.31. The van der Waals surface area contributed by atoms with Gasteiger partial charge in [-0.1, -0.05) is 34.1 Å². The van der Waals surface area contributed by atoms with Gasteiger partial charge in [0.1, 0.15) is 5.82 Å². The van der Waals surface area contributed by atoms with Crippen molar-refractivity contribution in [1.29, 1.82) is 0 Å². The Bertz CT molecular complexity index is 1100. The smallest absolute Gasteiger partial charge is 0.277 e. The first-order valence-corrected chi connectivity index (χ1v) is 9.74. The normalized spacial score (nSPS) is 11.1. The zero-order valence-corrected chi connectivity index (χ0v) is 16.5. The molecule has 2 aromatic carbocycles. The molecule has 0 saturated carbocycles. The minimum Gasteiger partial charge on any atom is -0.411 e. The van der Waals surface area contributed by atoms with Gasteiger partial charge in [0.05, 0.1) is 5.69 Å². The second-order valence-corrected chi connectivity index (χ2v) is 7.56. The number of hydrogen-bond donors (Lipinski definition) is 0. The number of aryl methyl sites for hydroxylation is 2. The van der Waals surface area contributed by atoms with Crippen molar-refractivity contribution in [3.8, 4) is 22.8 Å². The van der Waals surface area contributed by atoms with E-state index in [1.165, 1.54) is 23.9 Å². The highest BCUT2D eigenvalue weighted by Gasteiger charge is 2.16. The topological polar surface area (TPSA) is 65.0 Å². The van der Waals surface area contributed by atoms with E-state index in [0.717, 1.165) is 33.5 Å². The number of halogens is 1. The molecular weight excluding hydrogens is 377 g/mol. The third-order valence-electron chi connectivity index (χ3n) is 4.33. The van der Waals surface area contributed by atoms with Gasteiger partial charge in [0.2, 0.25) is 5.89 Å². The number of hydrogen-bond acceptors (Lipinski definition) is 6. The Balaban J connectivity index is 1.48. The Hall–Kier alpha value is -2.93. The summed E-state index contributed by atoms with van der Waals surface area (Å²) in [5.74, 6) is 1.38. The van der Waals surface area contributed by atoms with Crippen molar-refractivity contribution in [2.75, 3.05) is 0 Å². The molecule has 7 heteroatoms. The van der Waals surface area contributed by atoms with Crippen molar-refractivity contribution in [2.24, 2.45) is 0 Å². The lowest BCUT2D eigenvalue weighted by Gasteiger charge is -2.00. The van der Waals surface area contributed by atoms with Gasteiger partial charge in [-0.3, -0.25) is 0 Å². The van der Waals surface area contributed by atoms with Gasteiger partial charge in [-0.15, -0.1) is 10.2 Å². The van der Waals surface area contributed by atoms with Crippen LogP contribution in [0.4, 0.5) is 4.39 Å². The van der Waals surface area contributed by atoms with Gasteiger partial charge < -0.3 is 8.94 Å². The van der Waals surface area contributed by atoms with Crippen molar-refractivity contribution in [1.82, 2.24) is 15.4 Å². The first-order valence-electron chi connectivity index (χ1n) is 8.75. The van der Waals surface area contributed by atoms with E-state index in [2.05, 4.69) is 21.4 Å². The van der Waals surface area contributed by atoms with Crippen LogP contribution >= 0.6 is 11.8 Å². The summed E-state index contributed by atoms with van der Waals surface area (Å²) in [6.07, 6.45) is 0. The molecule has 0 radical (unpaired) electrons. The molecule has 28 heavy (non-hydrogen) atoms. The fraction of sp³-hybridized carbons (Fsp3) is 0.190. The van der Waals surface area contributed by atoms with Crippen molar-refractivity contribution >= 4 is 11.8 Å². The second-order valence-electron chi connectivity index (χ2n) is 6.63. The molecule has 0 fully saturated rings. The molecular formula is C21H18FN3O2S. The number of rotatable bonds is 5. The molecule has 0 aliphatic heterocycles. The quantitative estimate of drug-likeness (QED) is 0.401. The third kappa shape index (κ3) is 3.84. The SMILES string of the molecule is Cc1cc(C)cc(-c2nnc(SCc3noc(-c4ccc(F)cc4)c3C)o2)c1. The van der Waals surface area contributed by atoms with Crippen molar-refractivity contribution in [3.63, 3.8) is 0 Å². The summed E-state index contributed by atoms with van der Waals surface area (Å²) >= 11 is 1.40. The summed E-state index contributed by atoms with van der Waals surface area (Å²) in [5, 5.41) is 12.9. The maximum Gasteiger partial charge on any atom is 0.277 e. The molecule has 0 aliphatic carbocycles. The molecule has 2 heterocycles. The van der Waals surface area contributed by atoms with E-state index in [4.69, 9.17) is 8.94 Å². The van der Waals surface area contributed by atoms with Gasteiger partial charge >= 0.3 is 0 Å². The van der Waals surface area contributed by atoms with Crippen LogP contribution in [0, 0.1) is 26.6 Å². The minimum absolute atomic E-state index is 0.285. The predicted octanol–water partition coefficient (Wildman–Crippen LogP) is 5.75. The highest BCUT2D eigenvalue weighted by molar-refractivity contribution is 7.98. The summed E-state index contributed by atoms with van der Waals surface area (Å²) < 4.78 is 24.4. The molecule has 4 rings (SSSR count). The molecule has 0 N–H and O–H groups in total. The maximum atomic E-state index is 13.1. The Morgan fingerprint density at radius 1 is 0.929 bits per heavy atom. The summed E-state index contributed by atoms with van der Waals surface area (Å²) in [5.41, 5.74) is 5.69. The molecule has 142 valence electrons. The van der Waals surface area contributed by atoms with E-state index in [1.807, 2.05) is 32.9 Å². The van der Waals surface area contributed by atoms with E-state index < -0.39 is 0 Å². The van der Waals surface area contributed by atoms with Gasteiger partial charge in [0, 0.05) is 22.4 Å². The van der Waals surface area contributed by atoms with E-state index >= 15 is 0 Å². The van der Waals surface area contributed by atoms with Gasteiger partial charge in [0.25, 0.3) is 5.22 Å². The zero-order chi connectivity index (χ0) is 19.7. The first-order chi connectivity index (χ1) is 13.5. The van der Waals surface area contributed by atoms with Crippen LogP contribution in [0.3, 0.4) is 0 Å². The van der Waals surface area contributed by atoms with Crippen LogP contribution in [0.25, 0.3) is 22.8 Å². The average molecular weight is 395 g/mol. The lowest BCUT2D eigenvalue weighted by atomic mass is 10.1. The molecule has 0 spiro atoms. The lowest BCUT2D eigenvalue weighted by molar-refractivity contribution is 0.426. The van der Waals surface area contributed by atoms with Crippen LogP contribution in [0.2, 0.25) is 0 Å². The maximum absolute atomic E-state index is 13.1. The van der Waals surface area contributed by atoms with Gasteiger partial charge in [-0.2, -0.15) is 0 Å². The molecule has 0 amide bonds. The molecule has 0 atom stereocenters.